The Kier molecular flexibility index (Phi) is 2.39. The highest BCUT2D eigenvalue weighted by Crippen LogP contribution is 2.32. The number of fused-ring (bicyclic) bond motifs is 1. The van der Waals surface area contributed by atoms with Crippen LogP contribution in [0.2, 0.25) is 0 Å². The van der Waals surface area contributed by atoms with Crippen molar-refractivity contribution in [2.75, 3.05) is 11.1 Å². The molecule has 1 aromatic rings. The summed E-state index contributed by atoms with van der Waals surface area (Å²) in [4.78, 5) is 0.308. The minimum Gasteiger partial charge on any atom is -0.368 e. The van der Waals surface area contributed by atoms with Crippen molar-refractivity contribution in [1.82, 2.24) is 0 Å². The topological polar surface area (TPSA) is 70.0 Å². The first-order valence-corrected chi connectivity index (χ1v) is 6.60. The first-order chi connectivity index (χ1) is 7.45. The second kappa shape index (κ2) is 3.49. The standard InChI is InChI=1S/C11H12N2O2S/c1-7-3-4-10-11(8(7)2)13-9(5-12)6-16(10,14)15/h3-4,9,13H,6H2,1-2H3. The molecule has 1 aliphatic heterocycles. The van der Waals surface area contributed by atoms with E-state index in [-0.39, 0.29) is 5.75 Å². The lowest BCUT2D eigenvalue weighted by atomic mass is 10.1. The highest BCUT2D eigenvalue weighted by Gasteiger charge is 2.31. The van der Waals surface area contributed by atoms with Crippen LogP contribution >= 0.6 is 0 Å². The molecule has 0 bridgehead atoms. The van der Waals surface area contributed by atoms with Gasteiger partial charge in [-0.3, -0.25) is 0 Å². The van der Waals surface area contributed by atoms with Crippen molar-refractivity contribution >= 4 is 15.5 Å². The zero-order valence-corrected chi connectivity index (χ0v) is 9.93. The van der Waals surface area contributed by atoms with Crippen LogP contribution < -0.4 is 5.32 Å². The summed E-state index contributed by atoms with van der Waals surface area (Å²) in [7, 11) is -3.33. The lowest BCUT2D eigenvalue weighted by Crippen LogP contribution is -2.33. The van der Waals surface area contributed by atoms with Crippen LogP contribution in [-0.4, -0.2) is 20.2 Å². The maximum Gasteiger partial charge on any atom is 0.183 e. The van der Waals surface area contributed by atoms with Crippen LogP contribution in [0.3, 0.4) is 0 Å². The number of nitrogens with zero attached hydrogens (tertiary/aromatic N) is 1. The fraction of sp³-hybridized carbons (Fsp3) is 0.364. The molecule has 5 heteroatoms. The molecule has 4 nitrogen and oxygen atoms in total. The minimum absolute atomic E-state index is 0.154. The number of aryl methyl sites for hydroxylation is 1. The summed E-state index contributed by atoms with van der Waals surface area (Å²) in [6.45, 7) is 3.77. The molecule has 0 amide bonds. The van der Waals surface area contributed by atoms with E-state index in [9.17, 15) is 8.42 Å². The molecule has 0 fully saturated rings. The molecular weight excluding hydrogens is 224 g/mol. The molecule has 84 valence electrons. The van der Waals surface area contributed by atoms with Gasteiger partial charge in [0.05, 0.1) is 22.4 Å². The zero-order chi connectivity index (χ0) is 11.9. The monoisotopic (exact) mass is 236 g/mol. The lowest BCUT2D eigenvalue weighted by molar-refractivity contribution is 0.591. The Hall–Kier alpha value is -1.54. The molecule has 0 aliphatic carbocycles. The van der Waals surface area contributed by atoms with Gasteiger partial charge in [0.2, 0.25) is 0 Å². The molecule has 0 spiro atoms. The van der Waals surface area contributed by atoms with E-state index in [1.165, 1.54) is 0 Å². The van der Waals surface area contributed by atoms with Gasteiger partial charge in [-0.25, -0.2) is 8.42 Å². The summed E-state index contributed by atoms with van der Waals surface area (Å²) in [6.07, 6.45) is 0. The van der Waals surface area contributed by atoms with Crippen molar-refractivity contribution < 1.29 is 8.42 Å². The highest BCUT2D eigenvalue weighted by molar-refractivity contribution is 7.91. The van der Waals surface area contributed by atoms with Crippen LogP contribution in [-0.2, 0) is 9.84 Å². The Balaban J connectivity index is 2.70. The van der Waals surface area contributed by atoms with Gasteiger partial charge in [-0.05, 0) is 31.0 Å². The number of benzene rings is 1. The third kappa shape index (κ3) is 1.55. The number of nitrogens with one attached hydrogen (secondary N) is 1. The number of sulfone groups is 1. The van der Waals surface area contributed by atoms with Gasteiger partial charge in [0.25, 0.3) is 0 Å². The molecule has 1 heterocycles. The van der Waals surface area contributed by atoms with E-state index in [0.717, 1.165) is 11.1 Å². The number of hydrogen-bond acceptors (Lipinski definition) is 4. The Morgan fingerprint density at radius 1 is 1.44 bits per heavy atom. The molecule has 0 saturated carbocycles. The van der Waals surface area contributed by atoms with Gasteiger partial charge in [-0.1, -0.05) is 6.07 Å². The predicted molar refractivity (Wildman–Crippen MR) is 61.0 cm³/mol. The molecule has 0 radical (unpaired) electrons. The van der Waals surface area contributed by atoms with Crippen molar-refractivity contribution in [1.29, 1.82) is 5.26 Å². The Bertz CT molecular complexity index is 585. The summed E-state index contributed by atoms with van der Waals surface area (Å²) in [5.74, 6) is -0.154. The van der Waals surface area contributed by atoms with Gasteiger partial charge >= 0.3 is 0 Å². The van der Waals surface area contributed by atoms with E-state index in [1.807, 2.05) is 19.9 Å². The van der Waals surface area contributed by atoms with Crippen molar-refractivity contribution in [2.24, 2.45) is 0 Å². The predicted octanol–water partition coefficient (Wildman–Crippen LogP) is 1.39. The van der Waals surface area contributed by atoms with Crippen LogP contribution in [0, 0.1) is 25.2 Å². The van der Waals surface area contributed by atoms with Crippen molar-refractivity contribution in [3.05, 3.63) is 23.3 Å². The van der Waals surface area contributed by atoms with Gasteiger partial charge in [0, 0.05) is 0 Å². The third-order valence-electron chi connectivity index (χ3n) is 2.89. The lowest BCUT2D eigenvalue weighted by Gasteiger charge is -2.24. The maximum atomic E-state index is 11.9. The maximum absolute atomic E-state index is 11.9. The van der Waals surface area contributed by atoms with E-state index in [4.69, 9.17) is 5.26 Å². The van der Waals surface area contributed by atoms with Crippen LogP contribution in [0.25, 0.3) is 0 Å². The van der Waals surface area contributed by atoms with Crippen LogP contribution in [0.5, 0.6) is 0 Å². The normalized spacial score (nSPS) is 21.7. The van der Waals surface area contributed by atoms with Crippen molar-refractivity contribution in [3.8, 4) is 6.07 Å². The van der Waals surface area contributed by atoms with Gasteiger partial charge in [0.1, 0.15) is 6.04 Å². The largest absolute Gasteiger partial charge is 0.368 e. The number of anilines is 1. The Labute approximate surface area is 94.8 Å². The van der Waals surface area contributed by atoms with E-state index in [0.29, 0.717) is 10.6 Å². The van der Waals surface area contributed by atoms with E-state index in [2.05, 4.69) is 5.32 Å². The van der Waals surface area contributed by atoms with Crippen LogP contribution in [0.1, 0.15) is 11.1 Å². The van der Waals surface area contributed by atoms with E-state index >= 15 is 0 Å². The Morgan fingerprint density at radius 3 is 2.75 bits per heavy atom. The van der Waals surface area contributed by atoms with Crippen LogP contribution in [0.15, 0.2) is 17.0 Å². The minimum atomic E-state index is -3.33. The summed E-state index contributed by atoms with van der Waals surface area (Å²) >= 11 is 0. The summed E-state index contributed by atoms with van der Waals surface area (Å²) in [6, 6.07) is 4.70. The zero-order valence-electron chi connectivity index (χ0n) is 9.11. The van der Waals surface area contributed by atoms with Gasteiger partial charge < -0.3 is 5.32 Å². The quantitative estimate of drug-likeness (QED) is 0.739. The average molecular weight is 236 g/mol. The number of nitriles is 1. The second-order valence-electron chi connectivity index (χ2n) is 3.99. The molecule has 1 aromatic carbocycles. The molecule has 16 heavy (non-hydrogen) atoms. The molecule has 0 saturated heterocycles. The summed E-state index contributed by atoms with van der Waals surface area (Å²) < 4.78 is 23.8. The van der Waals surface area contributed by atoms with E-state index in [1.54, 1.807) is 12.1 Å². The van der Waals surface area contributed by atoms with Crippen molar-refractivity contribution in [3.63, 3.8) is 0 Å². The average Bonchev–Trinajstić information content (AvgIpc) is 2.22. The highest BCUT2D eigenvalue weighted by atomic mass is 32.2. The fourth-order valence-corrected chi connectivity index (χ4v) is 3.40. The Morgan fingerprint density at radius 2 is 2.12 bits per heavy atom. The molecular formula is C11H12N2O2S. The molecule has 1 N–H and O–H groups in total. The van der Waals surface area contributed by atoms with Crippen molar-refractivity contribution in [2.45, 2.75) is 24.8 Å². The van der Waals surface area contributed by atoms with E-state index < -0.39 is 15.9 Å². The molecule has 0 aromatic heterocycles. The van der Waals surface area contributed by atoms with Gasteiger partial charge in [-0.2, -0.15) is 5.26 Å². The first kappa shape index (κ1) is 11.0. The second-order valence-corrected chi connectivity index (χ2v) is 5.99. The molecule has 1 unspecified atom stereocenters. The summed E-state index contributed by atoms with van der Waals surface area (Å²) in [5, 5.41) is 11.8. The number of rotatable bonds is 0. The number of hydrogen-bond donors (Lipinski definition) is 1. The SMILES string of the molecule is Cc1ccc2c(c1C)NC(C#N)CS2(=O)=O. The molecule has 1 atom stereocenters. The van der Waals surface area contributed by atoms with Gasteiger partial charge in [-0.15, -0.1) is 0 Å². The molecule has 2 rings (SSSR count). The smallest absolute Gasteiger partial charge is 0.183 e. The molecule has 1 aliphatic rings. The summed E-state index contributed by atoms with van der Waals surface area (Å²) in [5.41, 5.74) is 2.49. The third-order valence-corrected chi connectivity index (χ3v) is 4.68. The first-order valence-electron chi connectivity index (χ1n) is 4.95. The van der Waals surface area contributed by atoms with Crippen LogP contribution in [0.4, 0.5) is 5.69 Å². The van der Waals surface area contributed by atoms with Gasteiger partial charge in [0.15, 0.2) is 9.84 Å². The fourth-order valence-electron chi connectivity index (χ4n) is 1.82.